The molecule has 1 atom stereocenters. The lowest BCUT2D eigenvalue weighted by Gasteiger charge is -2.22. The van der Waals surface area contributed by atoms with E-state index in [1.165, 1.54) is 0 Å². The van der Waals surface area contributed by atoms with Gasteiger partial charge in [-0.25, -0.2) is 9.97 Å². The lowest BCUT2D eigenvalue weighted by atomic mass is 10.1. The van der Waals surface area contributed by atoms with E-state index in [0.29, 0.717) is 18.7 Å². The van der Waals surface area contributed by atoms with E-state index in [9.17, 15) is 5.26 Å². The summed E-state index contributed by atoms with van der Waals surface area (Å²) in [5.74, 6) is 0.262. The number of hydrogen-bond donors (Lipinski definition) is 0. The fourth-order valence-electron chi connectivity index (χ4n) is 3.24. The third-order valence-corrected chi connectivity index (χ3v) is 5.40. The zero-order valence-electron chi connectivity index (χ0n) is 15.3. The molecule has 1 fully saturated rings. The highest BCUT2D eigenvalue weighted by Gasteiger charge is 2.17. The van der Waals surface area contributed by atoms with Gasteiger partial charge in [0, 0.05) is 34.8 Å². The van der Waals surface area contributed by atoms with E-state index in [0.717, 1.165) is 46.8 Å². The maximum absolute atomic E-state index is 9.30. The van der Waals surface area contributed by atoms with E-state index in [2.05, 4.69) is 36.9 Å². The summed E-state index contributed by atoms with van der Waals surface area (Å²) in [6, 6.07) is 10.1. The molecule has 0 unspecified atom stereocenters. The normalized spacial score (nSPS) is 16.6. The second-order valence-corrected chi connectivity index (χ2v) is 7.59. The fourth-order valence-corrected chi connectivity index (χ4v) is 3.73. The van der Waals surface area contributed by atoms with Crippen LogP contribution < -0.4 is 4.74 Å². The molecule has 1 aliphatic heterocycles. The zero-order chi connectivity index (χ0) is 19.3. The summed E-state index contributed by atoms with van der Waals surface area (Å²) in [7, 11) is 0. The van der Waals surface area contributed by atoms with Gasteiger partial charge in [-0.05, 0) is 36.8 Å². The average molecular weight is 439 g/mol. The molecule has 2 aromatic heterocycles. The van der Waals surface area contributed by atoms with Crippen LogP contribution in [0.1, 0.15) is 36.3 Å². The first-order valence-electron chi connectivity index (χ1n) is 9.26. The molecule has 0 N–H and O–H groups in total. The van der Waals surface area contributed by atoms with E-state index >= 15 is 0 Å². The van der Waals surface area contributed by atoms with E-state index < -0.39 is 0 Å². The number of nitriles is 1. The Morgan fingerprint density at radius 3 is 2.96 bits per heavy atom. The van der Waals surface area contributed by atoms with Crippen molar-refractivity contribution in [3.63, 3.8) is 0 Å². The van der Waals surface area contributed by atoms with Crippen LogP contribution in [0.5, 0.6) is 5.88 Å². The van der Waals surface area contributed by atoms with Crippen molar-refractivity contribution in [1.29, 1.82) is 5.26 Å². The third kappa shape index (κ3) is 4.29. The molecule has 1 saturated heterocycles. The maximum Gasteiger partial charge on any atom is 0.251 e. The minimum absolute atomic E-state index is 0.0475. The number of fused-ring (bicyclic) bond motifs is 1. The van der Waals surface area contributed by atoms with Gasteiger partial charge < -0.3 is 9.47 Å². The third-order valence-electron chi connectivity index (χ3n) is 4.71. The predicted octanol–water partition coefficient (Wildman–Crippen LogP) is 4.20. The highest BCUT2D eigenvalue weighted by atomic mass is 79.9. The van der Waals surface area contributed by atoms with Gasteiger partial charge in [0.15, 0.2) is 0 Å². The number of halogens is 1. The van der Waals surface area contributed by atoms with Crippen LogP contribution >= 0.6 is 15.9 Å². The molecule has 1 aliphatic rings. The Morgan fingerprint density at radius 1 is 1.21 bits per heavy atom. The summed E-state index contributed by atoms with van der Waals surface area (Å²) >= 11 is 3.54. The van der Waals surface area contributed by atoms with Crippen molar-refractivity contribution in [2.24, 2.45) is 0 Å². The maximum atomic E-state index is 9.30. The number of pyridine rings is 1. The van der Waals surface area contributed by atoms with Crippen LogP contribution in [0.3, 0.4) is 0 Å². The van der Waals surface area contributed by atoms with Gasteiger partial charge in [0.05, 0.1) is 18.0 Å². The van der Waals surface area contributed by atoms with Crippen molar-refractivity contribution < 1.29 is 9.47 Å². The molecule has 0 aliphatic carbocycles. The summed E-state index contributed by atoms with van der Waals surface area (Å²) in [5.41, 5.74) is 1.78. The first-order chi connectivity index (χ1) is 13.7. The van der Waals surface area contributed by atoms with Crippen molar-refractivity contribution in [1.82, 2.24) is 15.0 Å². The molecule has 6 nitrogen and oxygen atoms in total. The monoisotopic (exact) mass is 438 g/mol. The van der Waals surface area contributed by atoms with E-state index in [1.54, 1.807) is 6.20 Å². The number of rotatable bonds is 5. The Hall–Kier alpha value is -2.56. The molecule has 142 valence electrons. The van der Waals surface area contributed by atoms with Gasteiger partial charge in [0.1, 0.15) is 12.7 Å². The number of nitrogens with zero attached hydrogens (tertiary/aromatic N) is 4. The first kappa shape index (κ1) is 18.8. The standard InChI is InChI=1S/C21H19BrN4O2/c22-19-6-3-4-14-8-15(24-12-18(14)19)9-16-11-25-20(10-23)21(26-16)28-13-17-5-1-2-7-27-17/h3-4,6,8,11-12,17H,1-2,5,7,9,13H2/t17-/m1/s1. The van der Waals surface area contributed by atoms with Crippen LogP contribution in [0.2, 0.25) is 0 Å². The highest BCUT2D eigenvalue weighted by molar-refractivity contribution is 9.10. The second-order valence-electron chi connectivity index (χ2n) is 6.74. The summed E-state index contributed by atoms with van der Waals surface area (Å²) < 4.78 is 12.5. The van der Waals surface area contributed by atoms with Crippen LogP contribution in [0.4, 0.5) is 0 Å². The van der Waals surface area contributed by atoms with Crippen molar-refractivity contribution in [2.45, 2.75) is 31.8 Å². The van der Waals surface area contributed by atoms with Crippen LogP contribution in [0.15, 0.2) is 41.1 Å². The quantitative estimate of drug-likeness (QED) is 0.593. The Labute approximate surface area is 171 Å². The Kier molecular flexibility index (Phi) is 5.79. The van der Waals surface area contributed by atoms with Crippen LogP contribution in [-0.4, -0.2) is 34.3 Å². The summed E-state index contributed by atoms with van der Waals surface area (Å²) in [5, 5.41) is 11.5. The summed E-state index contributed by atoms with van der Waals surface area (Å²) in [4.78, 5) is 13.2. The fraction of sp³-hybridized carbons (Fsp3) is 0.333. The molecule has 28 heavy (non-hydrogen) atoms. The molecular weight excluding hydrogens is 420 g/mol. The molecule has 0 radical (unpaired) electrons. The molecule has 3 aromatic rings. The van der Waals surface area contributed by atoms with Crippen molar-refractivity contribution in [3.8, 4) is 11.9 Å². The van der Waals surface area contributed by atoms with Gasteiger partial charge >= 0.3 is 0 Å². The minimum Gasteiger partial charge on any atom is -0.473 e. The molecule has 0 saturated carbocycles. The second kappa shape index (κ2) is 8.63. The Bertz CT molecular complexity index is 1030. The van der Waals surface area contributed by atoms with Gasteiger partial charge in [-0.2, -0.15) is 5.26 Å². The van der Waals surface area contributed by atoms with E-state index in [4.69, 9.17) is 9.47 Å². The van der Waals surface area contributed by atoms with Crippen molar-refractivity contribution in [3.05, 3.63) is 58.2 Å². The largest absolute Gasteiger partial charge is 0.473 e. The molecule has 3 heterocycles. The SMILES string of the molecule is N#Cc1ncc(Cc2cc3cccc(Br)c3cn2)nc1OC[C@H]1CCCCO1. The molecule has 0 amide bonds. The molecular formula is C21H19BrN4O2. The van der Waals surface area contributed by atoms with Gasteiger partial charge in [0.25, 0.3) is 5.88 Å². The van der Waals surface area contributed by atoms with Crippen LogP contribution in [0.25, 0.3) is 10.8 Å². The van der Waals surface area contributed by atoms with Crippen molar-refractivity contribution >= 4 is 26.7 Å². The minimum atomic E-state index is 0.0475. The van der Waals surface area contributed by atoms with Gasteiger partial charge in [-0.15, -0.1) is 0 Å². The lowest BCUT2D eigenvalue weighted by molar-refractivity contribution is -0.0121. The van der Waals surface area contributed by atoms with Gasteiger partial charge in [-0.1, -0.05) is 28.1 Å². The molecule has 1 aromatic carbocycles. The predicted molar refractivity (Wildman–Crippen MR) is 108 cm³/mol. The first-order valence-corrected chi connectivity index (χ1v) is 10.1. The highest BCUT2D eigenvalue weighted by Crippen LogP contribution is 2.24. The lowest BCUT2D eigenvalue weighted by Crippen LogP contribution is -2.26. The Balaban J connectivity index is 1.52. The molecule has 0 spiro atoms. The van der Waals surface area contributed by atoms with Crippen LogP contribution in [-0.2, 0) is 11.2 Å². The zero-order valence-corrected chi connectivity index (χ0v) is 16.9. The number of hydrogen-bond acceptors (Lipinski definition) is 6. The molecule has 4 rings (SSSR count). The Morgan fingerprint density at radius 2 is 2.14 bits per heavy atom. The van der Waals surface area contributed by atoms with Gasteiger partial charge in [0.2, 0.25) is 5.69 Å². The summed E-state index contributed by atoms with van der Waals surface area (Å²) in [6.07, 6.45) is 7.20. The summed E-state index contributed by atoms with van der Waals surface area (Å²) in [6.45, 7) is 1.14. The topological polar surface area (TPSA) is 80.9 Å². The average Bonchev–Trinajstić information content (AvgIpc) is 2.73. The van der Waals surface area contributed by atoms with Crippen molar-refractivity contribution in [2.75, 3.05) is 13.2 Å². The smallest absolute Gasteiger partial charge is 0.251 e. The molecule has 0 bridgehead atoms. The number of aromatic nitrogens is 3. The number of benzene rings is 1. The van der Waals surface area contributed by atoms with Crippen LogP contribution in [0, 0.1) is 11.3 Å². The number of ether oxygens (including phenoxy) is 2. The van der Waals surface area contributed by atoms with E-state index in [-0.39, 0.29) is 17.7 Å². The molecule has 7 heteroatoms. The van der Waals surface area contributed by atoms with Gasteiger partial charge in [-0.3, -0.25) is 4.98 Å². The van der Waals surface area contributed by atoms with E-state index in [1.807, 2.05) is 30.5 Å².